The van der Waals surface area contributed by atoms with Crippen molar-refractivity contribution in [3.8, 4) is 0 Å². The number of rotatable bonds is 2. The number of pyridine rings is 1. The molecule has 4 nitrogen and oxygen atoms in total. The van der Waals surface area contributed by atoms with Crippen molar-refractivity contribution in [3.05, 3.63) is 29.6 Å². The number of hydrogen-bond acceptors (Lipinski definition) is 4. The third kappa shape index (κ3) is 2.09. The molecule has 1 aliphatic heterocycles. The van der Waals surface area contributed by atoms with Crippen molar-refractivity contribution >= 4 is 0 Å². The van der Waals surface area contributed by atoms with E-state index in [1.165, 1.54) is 0 Å². The molecule has 1 atom stereocenters. The van der Waals surface area contributed by atoms with E-state index in [4.69, 9.17) is 9.84 Å². The topological polar surface area (TPSA) is 54.4 Å². The van der Waals surface area contributed by atoms with Crippen molar-refractivity contribution in [2.45, 2.75) is 12.6 Å². The van der Waals surface area contributed by atoms with Crippen LogP contribution < -0.4 is 5.32 Å². The molecular formula is C10H14N2O2. The molecule has 76 valence electrons. The number of aliphatic hydroxyl groups excluding tert-OH is 1. The van der Waals surface area contributed by atoms with E-state index in [0.717, 1.165) is 24.4 Å². The van der Waals surface area contributed by atoms with Gasteiger partial charge in [0.1, 0.15) is 0 Å². The molecule has 2 N–H and O–H groups in total. The van der Waals surface area contributed by atoms with E-state index in [-0.39, 0.29) is 12.6 Å². The van der Waals surface area contributed by atoms with Crippen molar-refractivity contribution in [2.75, 3.05) is 19.8 Å². The van der Waals surface area contributed by atoms with Crippen LogP contribution in [-0.4, -0.2) is 29.8 Å². The van der Waals surface area contributed by atoms with Gasteiger partial charge in [0.15, 0.2) is 0 Å². The second-order valence-corrected chi connectivity index (χ2v) is 3.33. The molecular weight excluding hydrogens is 180 g/mol. The average molecular weight is 194 g/mol. The molecule has 0 spiro atoms. The lowest BCUT2D eigenvalue weighted by Gasteiger charge is -2.23. The fraction of sp³-hybridized carbons (Fsp3) is 0.500. The van der Waals surface area contributed by atoms with Gasteiger partial charge >= 0.3 is 0 Å². The molecule has 1 aromatic heterocycles. The van der Waals surface area contributed by atoms with Crippen molar-refractivity contribution in [1.82, 2.24) is 10.3 Å². The van der Waals surface area contributed by atoms with Gasteiger partial charge < -0.3 is 15.2 Å². The highest BCUT2D eigenvalue weighted by atomic mass is 16.5. The Balaban J connectivity index is 2.13. The zero-order valence-electron chi connectivity index (χ0n) is 7.94. The van der Waals surface area contributed by atoms with Gasteiger partial charge in [-0.3, -0.25) is 4.98 Å². The van der Waals surface area contributed by atoms with Crippen LogP contribution in [0, 0.1) is 0 Å². The number of aromatic nitrogens is 1. The number of nitrogens with one attached hydrogen (secondary N) is 1. The summed E-state index contributed by atoms with van der Waals surface area (Å²) in [7, 11) is 0. The summed E-state index contributed by atoms with van der Waals surface area (Å²) in [6.45, 7) is 2.33. The highest BCUT2D eigenvalue weighted by Gasteiger charge is 2.16. The van der Waals surface area contributed by atoms with Crippen LogP contribution in [0.3, 0.4) is 0 Å². The van der Waals surface area contributed by atoms with Gasteiger partial charge in [-0.15, -0.1) is 0 Å². The van der Waals surface area contributed by atoms with Crippen LogP contribution in [0.2, 0.25) is 0 Å². The Bertz CT molecular complexity index is 298. The number of nitrogens with zero attached hydrogens (tertiary/aromatic N) is 1. The summed E-state index contributed by atoms with van der Waals surface area (Å²) in [5, 5.41) is 12.3. The summed E-state index contributed by atoms with van der Waals surface area (Å²) < 4.78 is 5.35. The van der Waals surface area contributed by atoms with E-state index in [1.807, 2.05) is 12.1 Å². The minimum Gasteiger partial charge on any atom is -0.392 e. The van der Waals surface area contributed by atoms with Crippen LogP contribution in [0.4, 0.5) is 0 Å². The maximum Gasteiger partial charge on any atom is 0.0733 e. The quantitative estimate of drug-likeness (QED) is 0.708. The fourth-order valence-corrected chi connectivity index (χ4v) is 1.54. The summed E-state index contributed by atoms with van der Waals surface area (Å²) >= 11 is 0. The summed E-state index contributed by atoms with van der Waals surface area (Å²) in [6.07, 6.45) is 1.72. The van der Waals surface area contributed by atoms with Crippen molar-refractivity contribution in [1.29, 1.82) is 0 Å². The van der Waals surface area contributed by atoms with E-state index in [2.05, 4.69) is 10.3 Å². The predicted octanol–water partition coefficient (Wildman–Crippen LogP) is 0.235. The van der Waals surface area contributed by atoms with Gasteiger partial charge in [-0.05, 0) is 17.7 Å². The van der Waals surface area contributed by atoms with Crippen molar-refractivity contribution < 1.29 is 9.84 Å². The summed E-state index contributed by atoms with van der Waals surface area (Å²) in [6, 6.07) is 3.88. The van der Waals surface area contributed by atoms with Crippen LogP contribution >= 0.6 is 0 Å². The van der Waals surface area contributed by atoms with Crippen molar-refractivity contribution in [2.24, 2.45) is 0 Å². The number of hydrogen-bond donors (Lipinski definition) is 2. The number of ether oxygens (including phenoxy) is 1. The monoisotopic (exact) mass is 194 g/mol. The molecule has 0 radical (unpaired) electrons. The van der Waals surface area contributed by atoms with E-state index in [9.17, 15) is 0 Å². The smallest absolute Gasteiger partial charge is 0.0733 e. The third-order valence-corrected chi connectivity index (χ3v) is 2.31. The van der Waals surface area contributed by atoms with Crippen LogP contribution in [0.5, 0.6) is 0 Å². The molecule has 0 bridgehead atoms. The summed E-state index contributed by atoms with van der Waals surface area (Å²) in [4.78, 5) is 4.26. The number of morpholine rings is 1. The first-order chi connectivity index (χ1) is 6.90. The largest absolute Gasteiger partial charge is 0.392 e. The van der Waals surface area contributed by atoms with Gasteiger partial charge in [0, 0.05) is 12.7 Å². The molecule has 2 rings (SSSR count). The molecule has 0 aliphatic carbocycles. The Hall–Kier alpha value is -0.970. The maximum absolute atomic E-state index is 8.98. The molecule has 1 fully saturated rings. The van der Waals surface area contributed by atoms with Crippen LogP contribution in [0.25, 0.3) is 0 Å². The highest BCUT2D eigenvalue weighted by Crippen LogP contribution is 2.14. The van der Waals surface area contributed by atoms with Gasteiger partial charge in [0.2, 0.25) is 0 Å². The predicted molar refractivity (Wildman–Crippen MR) is 51.7 cm³/mol. The zero-order valence-corrected chi connectivity index (χ0v) is 7.94. The van der Waals surface area contributed by atoms with Gasteiger partial charge in [-0.25, -0.2) is 0 Å². The summed E-state index contributed by atoms with van der Waals surface area (Å²) in [5.74, 6) is 0. The molecule has 1 aromatic rings. The Morgan fingerprint density at radius 3 is 3.29 bits per heavy atom. The molecule has 0 aromatic carbocycles. The first kappa shape index (κ1) is 9.58. The second-order valence-electron chi connectivity index (χ2n) is 3.33. The van der Waals surface area contributed by atoms with Crippen LogP contribution in [-0.2, 0) is 11.3 Å². The van der Waals surface area contributed by atoms with Gasteiger partial charge in [-0.1, -0.05) is 0 Å². The second kappa shape index (κ2) is 4.50. The normalized spacial score (nSPS) is 22.2. The summed E-state index contributed by atoms with van der Waals surface area (Å²) in [5.41, 5.74) is 1.83. The Morgan fingerprint density at radius 2 is 2.57 bits per heavy atom. The molecule has 0 unspecified atom stereocenters. The van der Waals surface area contributed by atoms with E-state index in [0.29, 0.717) is 6.61 Å². The molecule has 2 heterocycles. The van der Waals surface area contributed by atoms with Crippen molar-refractivity contribution in [3.63, 3.8) is 0 Å². The fourth-order valence-electron chi connectivity index (χ4n) is 1.54. The first-order valence-electron chi connectivity index (χ1n) is 4.77. The number of aliphatic hydroxyl groups is 1. The lowest BCUT2D eigenvalue weighted by atomic mass is 10.1. The minimum absolute atomic E-state index is 0.0586. The Kier molecular flexibility index (Phi) is 3.08. The van der Waals surface area contributed by atoms with Crippen LogP contribution in [0.1, 0.15) is 17.3 Å². The molecule has 0 amide bonds. The maximum atomic E-state index is 8.98. The highest BCUT2D eigenvalue weighted by molar-refractivity contribution is 5.18. The third-order valence-electron chi connectivity index (χ3n) is 2.31. The molecule has 14 heavy (non-hydrogen) atoms. The van der Waals surface area contributed by atoms with E-state index < -0.39 is 0 Å². The lowest BCUT2D eigenvalue weighted by molar-refractivity contribution is 0.0755. The standard InChI is InChI=1S/C10H14N2O2/c13-6-8-1-2-11-9(5-8)10-7-14-4-3-12-10/h1-2,5,10,12-13H,3-4,6-7H2/t10-/m1/s1. The SMILES string of the molecule is OCc1ccnc([C@H]2COCCN2)c1. The molecule has 1 aliphatic rings. The molecule has 1 saturated heterocycles. The van der Waals surface area contributed by atoms with E-state index in [1.54, 1.807) is 6.20 Å². The van der Waals surface area contributed by atoms with Crippen LogP contribution in [0.15, 0.2) is 18.3 Å². The molecule has 4 heteroatoms. The first-order valence-corrected chi connectivity index (χ1v) is 4.77. The van der Waals surface area contributed by atoms with E-state index >= 15 is 0 Å². The van der Waals surface area contributed by atoms with Gasteiger partial charge in [0.25, 0.3) is 0 Å². The Morgan fingerprint density at radius 1 is 1.64 bits per heavy atom. The zero-order chi connectivity index (χ0) is 9.80. The van der Waals surface area contributed by atoms with Gasteiger partial charge in [-0.2, -0.15) is 0 Å². The molecule has 0 saturated carbocycles. The van der Waals surface area contributed by atoms with Gasteiger partial charge in [0.05, 0.1) is 31.6 Å². The average Bonchev–Trinajstić information content (AvgIpc) is 2.30. The lowest BCUT2D eigenvalue weighted by Crippen LogP contribution is -2.35. The minimum atomic E-state index is 0.0586. The Labute approximate surface area is 82.9 Å².